The van der Waals surface area contributed by atoms with Crippen LogP contribution in [-0.2, 0) is 6.61 Å². The molecule has 11 nitrogen and oxygen atoms in total. The predicted molar refractivity (Wildman–Crippen MR) is 135 cm³/mol. The fourth-order valence-electron chi connectivity index (χ4n) is 4.04. The molecule has 0 bridgehead atoms. The summed E-state index contributed by atoms with van der Waals surface area (Å²) < 4.78 is 21.7. The van der Waals surface area contributed by atoms with Crippen LogP contribution in [0.2, 0.25) is 0 Å². The second-order valence-corrected chi connectivity index (χ2v) is 8.25. The summed E-state index contributed by atoms with van der Waals surface area (Å²) in [5.41, 5.74) is 4.01. The van der Waals surface area contributed by atoms with E-state index in [-0.39, 0.29) is 24.0 Å². The molecule has 3 aromatic carbocycles. The Morgan fingerprint density at radius 3 is 2.30 bits per heavy atom. The first-order valence-electron chi connectivity index (χ1n) is 11.2. The third-order valence-corrected chi connectivity index (χ3v) is 5.85. The topological polar surface area (TPSA) is 138 Å². The predicted octanol–water partition coefficient (Wildman–Crippen LogP) is 5.46. The molecule has 0 spiro atoms. The number of ether oxygens (including phenoxy) is 3. The smallest absolute Gasteiger partial charge is 0.310 e. The molecule has 11 heteroatoms. The summed E-state index contributed by atoms with van der Waals surface area (Å²) >= 11 is 0. The summed E-state index contributed by atoms with van der Waals surface area (Å²) in [5.74, 6) is 1.40. The molecule has 1 aromatic heterocycles. The lowest BCUT2D eigenvalue weighted by molar-refractivity contribution is -0.385. The number of methoxy groups -OCH3 is 2. The number of anilines is 3. The summed E-state index contributed by atoms with van der Waals surface area (Å²) in [6.45, 7) is 1.96. The van der Waals surface area contributed by atoms with E-state index in [9.17, 15) is 14.9 Å². The summed E-state index contributed by atoms with van der Waals surface area (Å²) in [4.78, 5) is 23.8. The Bertz CT molecular complexity index is 1530. The Hall–Kier alpha value is -5.06. The lowest BCUT2D eigenvalue weighted by atomic mass is 10.0. The van der Waals surface area contributed by atoms with Crippen molar-refractivity contribution in [2.24, 2.45) is 0 Å². The number of carbonyl (C=O) groups excluding carboxylic acids is 1. The summed E-state index contributed by atoms with van der Waals surface area (Å²) in [7, 11) is 2.89. The van der Waals surface area contributed by atoms with E-state index in [1.54, 1.807) is 55.5 Å². The number of benzene rings is 3. The zero-order valence-electron chi connectivity index (χ0n) is 20.2. The Balaban J connectivity index is 1.50. The number of nitrogens with one attached hydrogen (secondary N) is 2. The summed E-state index contributed by atoms with van der Waals surface area (Å²) in [6.07, 6.45) is 0. The highest BCUT2D eigenvalue weighted by Gasteiger charge is 2.23. The average Bonchev–Trinajstić information content (AvgIpc) is 3.26. The van der Waals surface area contributed by atoms with Crippen LogP contribution in [0.5, 0.6) is 17.2 Å². The minimum absolute atomic E-state index is 0.130. The van der Waals surface area contributed by atoms with E-state index in [1.165, 1.54) is 20.3 Å². The van der Waals surface area contributed by atoms with Crippen LogP contribution in [0.1, 0.15) is 21.8 Å². The van der Waals surface area contributed by atoms with Crippen molar-refractivity contribution in [1.29, 1.82) is 0 Å². The monoisotopic (exact) mass is 502 g/mol. The Morgan fingerprint density at radius 2 is 1.59 bits per heavy atom. The van der Waals surface area contributed by atoms with Gasteiger partial charge in [-0.3, -0.25) is 14.9 Å². The molecule has 2 N–H and O–H groups in total. The van der Waals surface area contributed by atoms with Gasteiger partial charge < -0.3 is 29.4 Å². The molecule has 0 saturated carbocycles. The van der Waals surface area contributed by atoms with Gasteiger partial charge in [-0.25, -0.2) is 0 Å². The van der Waals surface area contributed by atoms with Crippen LogP contribution < -0.4 is 24.8 Å². The number of carbonyl (C=O) groups is 1. The van der Waals surface area contributed by atoms with E-state index in [0.717, 1.165) is 5.56 Å². The molecule has 37 heavy (non-hydrogen) atoms. The van der Waals surface area contributed by atoms with Crippen molar-refractivity contribution in [3.63, 3.8) is 0 Å². The van der Waals surface area contributed by atoms with Crippen molar-refractivity contribution in [3.8, 4) is 28.4 Å². The van der Waals surface area contributed by atoms with Gasteiger partial charge in [-0.1, -0.05) is 11.2 Å². The van der Waals surface area contributed by atoms with E-state index in [1.807, 2.05) is 0 Å². The molecule has 0 radical (unpaired) electrons. The average molecular weight is 502 g/mol. The van der Waals surface area contributed by atoms with E-state index < -0.39 is 4.92 Å². The molecule has 1 amide bonds. The standard InChI is InChI=1S/C26H22N4O7/c1-14-8-17(29-37-14)13-36-25-12-20-21(11-24(25)35-3)28-26(31)18-6-4-15(9-19(18)27-20)16-5-7-22(30(32)33)23(10-16)34-2/h4-12,27H,13H2,1-3H3,(H,28,31). The number of nitrogens with zero attached hydrogens (tertiary/aromatic N) is 2. The second kappa shape index (κ2) is 9.53. The van der Waals surface area contributed by atoms with Gasteiger partial charge in [-0.15, -0.1) is 0 Å². The Labute approximate surface area is 211 Å². The summed E-state index contributed by atoms with van der Waals surface area (Å²) in [5, 5.41) is 21.4. The molecule has 0 saturated heterocycles. The van der Waals surface area contributed by atoms with Crippen molar-refractivity contribution in [2.75, 3.05) is 24.9 Å². The van der Waals surface area contributed by atoms with Crippen LogP contribution in [0.4, 0.5) is 22.7 Å². The maximum atomic E-state index is 13.0. The van der Waals surface area contributed by atoms with Gasteiger partial charge >= 0.3 is 5.69 Å². The number of aryl methyl sites for hydroxylation is 1. The van der Waals surface area contributed by atoms with E-state index in [4.69, 9.17) is 18.7 Å². The molecule has 1 aliphatic heterocycles. The van der Waals surface area contributed by atoms with Gasteiger partial charge in [0.05, 0.1) is 41.8 Å². The number of hydrogen-bond acceptors (Lipinski definition) is 9. The largest absolute Gasteiger partial charge is 0.493 e. The first-order valence-corrected chi connectivity index (χ1v) is 11.2. The van der Waals surface area contributed by atoms with Crippen LogP contribution in [-0.4, -0.2) is 30.2 Å². The summed E-state index contributed by atoms with van der Waals surface area (Å²) in [6, 6.07) is 15.1. The molecular formula is C26H22N4O7. The maximum Gasteiger partial charge on any atom is 0.310 e. The Kier molecular flexibility index (Phi) is 6.10. The minimum Gasteiger partial charge on any atom is -0.493 e. The lowest BCUT2D eigenvalue weighted by Gasteiger charge is -2.15. The third kappa shape index (κ3) is 4.61. The van der Waals surface area contributed by atoms with Crippen molar-refractivity contribution < 1.29 is 28.5 Å². The molecular weight excluding hydrogens is 480 g/mol. The van der Waals surface area contributed by atoms with Crippen LogP contribution >= 0.6 is 0 Å². The fraction of sp³-hybridized carbons (Fsp3) is 0.154. The number of fused-ring (bicyclic) bond motifs is 2. The van der Waals surface area contributed by atoms with Gasteiger partial charge in [0.1, 0.15) is 18.1 Å². The number of aromatic nitrogens is 1. The molecule has 0 unspecified atom stereocenters. The second-order valence-electron chi connectivity index (χ2n) is 8.25. The van der Waals surface area contributed by atoms with Crippen molar-refractivity contribution in [2.45, 2.75) is 13.5 Å². The molecule has 0 atom stereocenters. The molecule has 0 aliphatic carbocycles. The Morgan fingerprint density at radius 1 is 0.892 bits per heavy atom. The van der Waals surface area contributed by atoms with E-state index in [2.05, 4.69) is 15.8 Å². The number of nitro groups is 1. The first-order chi connectivity index (χ1) is 17.9. The highest BCUT2D eigenvalue weighted by molar-refractivity contribution is 6.12. The number of hydrogen-bond donors (Lipinski definition) is 2. The zero-order valence-corrected chi connectivity index (χ0v) is 20.2. The van der Waals surface area contributed by atoms with Crippen LogP contribution in [0, 0.1) is 17.0 Å². The van der Waals surface area contributed by atoms with E-state index >= 15 is 0 Å². The number of rotatable bonds is 7. The van der Waals surface area contributed by atoms with E-state index in [0.29, 0.717) is 51.1 Å². The fourth-order valence-corrected chi connectivity index (χ4v) is 4.04. The van der Waals surface area contributed by atoms with Crippen LogP contribution in [0.25, 0.3) is 11.1 Å². The van der Waals surface area contributed by atoms with Crippen molar-refractivity contribution in [3.05, 3.63) is 81.7 Å². The molecule has 4 aromatic rings. The molecule has 5 rings (SSSR count). The van der Waals surface area contributed by atoms with Gasteiger partial charge in [0.25, 0.3) is 5.91 Å². The van der Waals surface area contributed by atoms with Crippen LogP contribution in [0.15, 0.2) is 59.1 Å². The van der Waals surface area contributed by atoms with Crippen molar-refractivity contribution in [1.82, 2.24) is 5.16 Å². The van der Waals surface area contributed by atoms with Crippen LogP contribution in [0.3, 0.4) is 0 Å². The van der Waals surface area contributed by atoms with Gasteiger partial charge in [0.2, 0.25) is 0 Å². The molecule has 2 heterocycles. The number of amides is 1. The SMILES string of the molecule is COc1cc2c(cc1OCc1cc(C)on1)Nc1cc(-c3ccc([N+](=O)[O-])c(OC)c3)ccc1C(=O)N2. The normalized spacial score (nSPS) is 11.9. The van der Waals surface area contributed by atoms with Crippen molar-refractivity contribution >= 4 is 28.7 Å². The first kappa shape index (κ1) is 23.7. The quantitative estimate of drug-likeness (QED) is 0.249. The highest BCUT2D eigenvalue weighted by atomic mass is 16.6. The highest BCUT2D eigenvalue weighted by Crippen LogP contribution is 2.42. The molecule has 1 aliphatic rings. The lowest BCUT2D eigenvalue weighted by Crippen LogP contribution is -2.10. The van der Waals surface area contributed by atoms with Gasteiger partial charge in [-0.05, 0) is 42.3 Å². The molecule has 188 valence electrons. The van der Waals surface area contributed by atoms with Gasteiger partial charge in [0.15, 0.2) is 17.2 Å². The van der Waals surface area contributed by atoms with Gasteiger partial charge in [0, 0.05) is 24.3 Å². The van der Waals surface area contributed by atoms with Gasteiger partial charge in [-0.2, -0.15) is 0 Å². The molecule has 0 fully saturated rings. The zero-order chi connectivity index (χ0) is 26.1. The maximum absolute atomic E-state index is 13.0. The third-order valence-electron chi connectivity index (χ3n) is 5.85. The number of nitro benzene ring substituents is 1. The minimum atomic E-state index is -0.500.